The van der Waals surface area contributed by atoms with Gasteiger partial charge in [-0.2, -0.15) is 0 Å². The van der Waals surface area contributed by atoms with Crippen molar-refractivity contribution < 1.29 is 4.79 Å². The first-order valence-corrected chi connectivity index (χ1v) is 5.99. The topological polar surface area (TPSA) is 68.0 Å². The van der Waals surface area contributed by atoms with E-state index in [4.69, 9.17) is 5.73 Å². The first kappa shape index (κ1) is 12.5. The molecule has 1 amide bonds. The molecule has 0 saturated carbocycles. The van der Waals surface area contributed by atoms with E-state index in [9.17, 15) is 4.79 Å². The number of fused-ring (bicyclic) bond motifs is 1. The van der Waals surface area contributed by atoms with E-state index in [1.807, 2.05) is 38.1 Å². The van der Waals surface area contributed by atoms with Crippen molar-refractivity contribution in [2.45, 2.75) is 19.9 Å². The molecule has 0 aliphatic rings. The van der Waals surface area contributed by atoms with Crippen LogP contribution in [-0.4, -0.2) is 16.9 Å². The SMILES string of the molecule is CC(C)[C@@H](N)C(=O)Nc1cccc2ccncc12. The maximum Gasteiger partial charge on any atom is 0.241 e. The van der Waals surface area contributed by atoms with Crippen molar-refractivity contribution in [3.63, 3.8) is 0 Å². The van der Waals surface area contributed by atoms with Gasteiger partial charge in [-0.15, -0.1) is 0 Å². The van der Waals surface area contributed by atoms with E-state index in [1.165, 1.54) is 0 Å². The Balaban J connectivity index is 2.30. The van der Waals surface area contributed by atoms with Gasteiger partial charge in [-0.25, -0.2) is 0 Å². The molecule has 0 fully saturated rings. The number of nitrogens with two attached hydrogens (primary N) is 1. The van der Waals surface area contributed by atoms with Gasteiger partial charge in [0.2, 0.25) is 5.91 Å². The van der Waals surface area contributed by atoms with Gasteiger partial charge < -0.3 is 11.1 Å². The molecule has 2 aromatic rings. The average molecular weight is 243 g/mol. The predicted molar refractivity (Wildman–Crippen MR) is 73.2 cm³/mol. The van der Waals surface area contributed by atoms with Crippen LogP contribution >= 0.6 is 0 Å². The second kappa shape index (κ2) is 5.14. The molecule has 1 atom stereocenters. The van der Waals surface area contributed by atoms with E-state index in [1.54, 1.807) is 12.4 Å². The smallest absolute Gasteiger partial charge is 0.241 e. The van der Waals surface area contributed by atoms with E-state index in [2.05, 4.69) is 10.3 Å². The number of hydrogen-bond acceptors (Lipinski definition) is 3. The van der Waals surface area contributed by atoms with Crippen LogP contribution in [0.4, 0.5) is 5.69 Å². The van der Waals surface area contributed by atoms with Crippen LogP contribution in [0, 0.1) is 5.92 Å². The van der Waals surface area contributed by atoms with Gasteiger partial charge in [-0.3, -0.25) is 9.78 Å². The maximum atomic E-state index is 11.9. The Morgan fingerprint density at radius 2 is 2.11 bits per heavy atom. The molecular formula is C14H17N3O. The van der Waals surface area contributed by atoms with Crippen molar-refractivity contribution in [1.29, 1.82) is 0 Å². The molecule has 3 N–H and O–H groups in total. The van der Waals surface area contributed by atoms with Crippen molar-refractivity contribution in [2.75, 3.05) is 5.32 Å². The molecule has 0 saturated heterocycles. The Hall–Kier alpha value is -1.94. The average Bonchev–Trinajstić information content (AvgIpc) is 2.38. The third-order valence-corrected chi connectivity index (χ3v) is 2.96. The van der Waals surface area contributed by atoms with Crippen molar-refractivity contribution in [3.8, 4) is 0 Å². The number of pyridine rings is 1. The predicted octanol–water partition coefficient (Wildman–Crippen LogP) is 2.16. The maximum absolute atomic E-state index is 11.9. The second-order valence-corrected chi connectivity index (χ2v) is 4.66. The molecule has 0 spiro atoms. The summed E-state index contributed by atoms with van der Waals surface area (Å²) < 4.78 is 0. The molecular weight excluding hydrogens is 226 g/mol. The molecule has 94 valence electrons. The second-order valence-electron chi connectivity index (χ2n) is 4.66. The lowest BCUT2D eigenvalue weighted by molar-refractivity contribution is -0.118. The quantitative estimate of drug-likeness (QED) is 0.868. The fourth-order valence-electron chi connectivity index (χ4n) is 1.74. The lowest BCUT2D eigenvalue weighted by Crippen LogP contribution is -2.39. The molecule has 0 aliphatic carbocycles. The Morgan fingerprint density at radius 1 is 1.33 bits per heavy atom. The van der Waals surface area contributed by atoms with Crippen LogP contribution in [0.25, 0.3) is 10.8 Å². The summed E-state index contributed by atoms with van der Waals surface area (Å²) in [6.45, 7) is 3.85. The zero-order chi connectivity index (χ0) is 13.1. The van der Waals surface area contributed by atoms with Gasteiger partial charge in [0.05, 0.1) is 11.7 Å². The molecule has 4 nitrogen and oxygen atoms in total. The summed E-state index contributed by atoms with van der Waals surface area (Å²) in [5, 5.41) is 4.83. The number of aromatic nitrogens is 1. The van der Waals surface area contributed by atoms with Crippen LogP contribution in [0.1, 0.15) is 13.8 Å². The van der Waals surface area contributed by atoms with Crippen molar-refractivity contribution in [3.05, 3.63) is 36.7 Å². The summed E-state index contributed by atoms with van der Waals surface area (Å²) in [7, 11) is 0. The minimum Gasteiger partial charge on any atom is -0.324 e. The molecule has 0 aliphatic heterocycles. The molecule has 0 radical (unpaired) electrons. The van der Waals surface area contributed by atoms with Crippen molar-refractivity contribution in [1.82, 2.24) is 4.98 Å². The molecule has 4 heteroatoms. The van der Waals surface area contributed by atoms with E-state index in [-0.39, 0.29) is 11.8 Å². The molecule has 0 unspecified atom stereocenters. The molecule has 0 bridgehead atoms. The highest BCUT2D eigenvalue weighted by molar-refractivity contribution is 6.03. The molecule has 1 aromatic heterocycles. The minimum absolute atomic E-state index is 0.109. The summed E-state index contributed by atoms with van der Waals surface area (Å²) in [5.74, 6) is -0.0561. The summed E-state index contributed by atoms with van der Waals surface area (Å²) >= 11 is 0. The third kappa shape index (κ3) is 2.49. The third-order valence-electron chi connectivity index (χ3n) is 2.96. The standard InChI is InChI=1S/C14H17N3O/c1-9(2)13(15)14(18)17-12-5-3-4-10-6-7-16-8-11(10)12/h3-9,13H,15H2,1-2H3,(H,17,18)/t13-/m1/s1. The number of rotatable bonds is 3. The van der Waals surface area contributed by atoms with Crippen molar-refractivity contribution >= 4 is 22.4 Å². The minimum atomic E-state index is -0.503. The van der Waals surface area contributed by atoms with E-state index in [0.29, 0.717) is 0 Å². The first-order chi connectivity index (χ1) is 8.59. The monoisotopic (exact) mass is 243 g/mol. The van der Waals surface area contributed by atoms with E-state index >= 15 is 0 Å². The lowest BCUT2D eigenvalue weighted by atomic mass is 10.0. The van der Waals surface area contributed by atoms with Gasteiger partial charge in [0.15, 0.2) is 0 Å². The number of anilines is 1. The summed E-state index contributed by atoms with van der Waals surface area (Å²) in [6.07, 6.45) is 3.47. The van der Waals surface area contributed by atoms with Crippen LogP contribution in [-0.2, 0) is 4.79 Å². The van der Waals surface area contributed by atoms with Gasteiger partial charge in [-0.1, -0.05) is 26.0 Å². The lowest BCUT2D eigenvalue weighted by Gasteiger charge is -2.16. The largest absolute Gasteiger partial charge is 0.324 e. The Kier molecular flexibility index (Phi) is 3.58. The van der Waals surface area contributed by atoms with Crippen LogP contribution in [0.2, 0.25) is 0 Å². The summed E-state index contributed by atoms with van der Waals surface area (Å²) in [6, 6.07) is 7.15. The van der Waals surface area contributed by atoms with Gasteiger partial charge in [-0.05, 0) is 23.4 Å². The highest BCUT2D eigenvalue weighted by atomic mass is 16.2. The molecule has 1 heterocycles. The fourth-order valence-corrected chi connectivity index (χ4v) is 1.74. The zero-order valence-electron chi connectivity index (χ0n) is 10.6. The summed E-state index contributed by atoms with van der Waals surface area (Å²) in [5.41, 5.74) is 6.58. The highest BCUT2D eigenvalue weighted by Crippen LogP contribution is 2.22. The Labute approximate surface area is 106 Å². The Bertz CT molecular complexity index is 560. The number of nitrogens with one attached hydrogen (secondary N) is 1. The molecule has 1 aromatic carbocycles. The number of benzene rings is 1. The van der Waals surface area contributed by atoms with Crippen LogP contribution < -0.4 is 11.1 Å². The van der Waals surface area contributed by atoms with Gasteiger partial charge in [0, 0.05) is 17.8 Å². The fraction of sp³-hybridized carbons (Fsp3) is 0.286. The van der Waals surface area contributed by atoms with Crippen molar-refractivity contribution in [2.24, 2.45) is 11.7 Å². The normalized spacial score (nSPS) is 12.7. The highest BCUT2D eigenvalue weighted by Gasteiger charge is 2.17. The first-order valence-electron chi connectivity index (χ1n) is 5.99. The van der Waals surface area contributed by atoms with Gasteiger partial charge >= 0.3 is 0 Å². The number of hydrogen-bond donors (Lipinski definition) is 2. The zero-order valence-corrected chi connectivity index (χ0v) is 10.6. The molecule has 2 rings (SSSR count). The Morgan fingerprint density at radius 3 is 2.83 bits per heavy atom. The van der Waals surface area contributed by atoms with Gasteiger partial charge in [0.25, 0.3) is 0 Å². The van der Waals surface area contributed by atoms with E-state index in [0.717, 1.165) is 16.5 Å². The summed E-state index contributed by atoms with van der Waals surface area (Å²) in [4.78, 5) is 16.0. The number of nitrogens with zero attached hydrogens (tertiary/aromatic N) is 1. The number of amides is 1. The van der Waals surface area contributed by atoms with E-state index < -0.39 is 6.04 Å². The van der Waals surface area contributed by atoms with Crippen LogP contribution in [0.5, 0.6) is 0 Å². The van der Waals surface area contributed by atoms with Crippen LogP contribution in [0.15, 0.2) is 36.7 Å². The number of carbonyl (C=O) groups excluding carboxylic acids is 1. The van der Waals surface area contributed by atoms with Crippen LogP contribution in [0.3, 0.4) is 0 Å². The molecule has 18 heavy (non-hydrogen) atoms. The van der Waals surface area contributed by atoms with Gasteiger partial charge in [0.1, 0.15) is 0 Å². The number of carbonyl (C=O) groups is 1.